The zero-order valence-electron chi connectivity index (χ0n) is 13.3. The topological polar surface area (TPSA) is 102 Å². The summed E-state index contributed by atoms with van der Waals surface area (Å²) in [4.78, 5) is 35.9. The number of likely N-dealkylation sites (tertiary alicyclic amines) is 1. The van der Waals surface area contributed by atoms with Gasteiger partial charge in [-0.2, -0.15) is 0 Å². The van der Waals surface area contributed by atoms with E-state index >= 15 is 0 Å². The molecule has 1 aliphatic rings. The molecule has 0 saturated carbocycles. The molecule has 1 N–H and O–H groups in total. The monoisotopic (exact) mass is 339 g/mol. The number of non-ortho nitro benzene ring substituents is 1. The highest BCUT2D eigenvalue weighted by atomic mass is 19.1. The molecule has 1 heterocycles. The molecule has 130 valence electrons. The van der Waals surface area contributed by atoms with Crippen LogP contribution in [0.25, 0.3) is 0 Å². The van der Waals surface area contributed by atoms with Gasteiger partial charge in [0.15, 0.2) is 0 Å². The van der Waals surface area contributed by atoms with E-state index in [0.717, 1.165) is 18.2 Å². The molecule has 0 aromatic heterocycles. The van der Waals surface area contributed by atoms with Crippen LogP contribution in [0.2, 0.25) is 0 Å². The molecule has 24 heavy (non-hydrogen) atoms. The first-order valence-electron chi connectivity index (χ1n) is 7.36. The predicted molar refractivity (Wildman–Crippen MR) is 82.8 cm³/mol. The average Bonchev–Trinajstić information content (AvgIpc) is 2.91. The van der Waals surface area contributed by atoms with Crippen LogP contribution in [0.1, 0.15) is 13.3 Å². The second-order valence-electron chi connectivity index (χ2n) is 5.66. The van der Waals surface area contributed by atoms with Gasteiger partial charge in [0.05, 0.1) is 29.2 Å². The van der Waals surface area contributed by atoms with Gasteiger partial charge in [-0.25, -0.2) is 4.39 Å². The van der Waals surface area contributed by atoms with Crippen molar-refractivity contribution in [3.63, 3.8) is 0 Å². The Hall–Kier alpha value is -2.55. The highest BCUT2D eigenvalue weighted by Gasteiger charge is 2.36. The number of carbonyl (C=O) groups is 2. The second-order valence-corrected chi connectivity index (χ2v) is 5.66. The summed E-state index contributed by atoms with van der Waals surface area (Å²) < 4.78 is 18.7. The van der Waals surface area contributed by atoms with E-state index in [0.29, 0.717) is 6.61 Å². The molecule has 1 aromatic rings. The third-order valence-corrected chi connectivity index (χ3v) is 3.89. The van der Waals surface area contributed by atoms with E-state index in [1.165, 1.54) is 12.0 Å². The lowest BCUT2D eigenvalue weighted by molar-refractivity contribution is -0.384. The zero-order chi connectivity index (χ0) is 17.9. The lowest BCUT2D eigenvalue weighted by Gasteiger charge is -2.23. The summed E-state index contributed by atoms with van der Waals surface area (Å²) in [5.74, 6) is -2.15. The van der Waals surface area contributed by atoms with Crippen LogP contribution >= 0.6 is 0 Å². The van der Waals surface area contributed by atoms with Gasteiger partial charge in [0.25, 0.3) is 5.69 Å². The van der Waals surface area contributed by atoms with Crippen molar-refractivity contribution in [1.82, 2.24) is 4.90 Å². The van der Waals surface area contributed by atoms with Crippen molar-refractivity contribution in [2.45, 2.75) is 19.4 Å². The van der Waals surface area contributed by atoms with Gasteiger partial charge in [-0.05, 0) is 13.0 Å². The Labute approximate surface area is 137 Å². The molecule has 1 fully saturated rings. The number of ether oxygens (including phenoxy) is 1. The number of hydrogen-bond donors (Lipinski definition) is 1. The van der Waals surface area contributed by atoms with Gasteiger partial charge >= 0.3 is 0 Å². The van der Waals surface area contributed by atoms with Crippen LogP contribution in [0.4, 0.5) is 15.8 Å². The van der Waals surface area contributed by atoms with Gasteiger partial charge in [0.1, 0.15) is 5.82 Å². The van der Waals surface area contributed by atoms with E-state index in [1.807, 2.05) is 6.92 Å². The number of hydrogen-bond acceptors (Lipinski definition) is 5. The van der Waals surface area contributed by atoms with Gasteiger partial charge in [-0.3, -0.25) is 19.7 Å². The summed E-state index contributed by atoms with van der Waals surface area (Å²) in [6.07, 6.45) is 0.0104. The van der Waals surface area contributed by atoms with E-state index < -0.39 is 22.6 Å². The number of rotatable bonds is 6. The quantitative estimate of drug-likeness (QED) is 0.626. The number of halogens is 1. The molecule has 1 aliphatic heterocycles. The molecular formula is C15H18FN3O5. The van der Waals surface area contributed by atoms with Crippen LogP contribution in [0.15, 0.2) is 18.2 Å². The third kappa shape index (κ3) is 3.85. The van der Waals surface area contributed by atoms with E-state index in [9.17, 15) is 24.1 Å². The van der Waals surface area contributed by atoms with Crippen molar-refractivity contribution in [1.29, 1.82) is 0 Å². The van der Waals surface area contributed by atoms with E-state index in [2.05, 4.69) is 5.32 Å². The summed E-state index contributed by atoms with van der Waals surface area (Å²) >= 11 is 0. The van der Waals surface area contributed by atoms with Crippen molar-refractivity contribution < 1.29 is 23.6 Å². The molecule has 0 radical (unpaired) electrons. The smallest absolute Gasteiger partial charge is 0.271 e. The molecule has 0 unspecified atom stereocenters. The van der Waals surface area contributed by atoms with Crippen LogP contribution < -0.4 is 5.32 Å². The van der Waals surface area contributed by atoms with Crippen molar-refractivity contribution in [2.75, 3.05) is 25.6 Å². The highest BCUT2D eigenvalue weighted by molar-refractivity contribution is 5.97. The van der Waals surface area contributed by atoms with Crippen LogP contribution in [0.5, 0.6) is 0 Å². The maximum absolute atomic E-state index is 13.7. The summed E-state index contributed by atoms with van der Waals surface area (Å²) in [5, 5.41) is 13.1. The summed E-state index contributed by atoms with van der Waals surface area (Å²) in [5.41, 5.74) is -0.602. The van der Waals surface area contributed by atoms with Crippen LogP contribution in [-0.4, -0.2) is 47.9 Å². The second kappa shape index (κ2) is 7.35. The molecule has 9 heteroatoms. The van der Waals surface area contributed by atoms with Gasteiger partial charge in [-0.1, -0.05) is 0 Å². The fourth-order valence-corrected chi connectivity index (χ4v) is 2.62. The van der Waals surface area contributed by atoms with Gasteiger partial charge in [-0.15, -0.1) is 0 Å². The third-order valence-electron chi connectivity index (χ3n) is 3.89. The van der Waals surface area contributed by atoms with Gasteiger partial charge < -0.3 is 15.0 Å². The maximum Gasteiger partial charge on any atom is 0.271 e. The Bertz CT molecular complexity index is 667. The molecule has 2 atom stereocenters. The number of carbonyl (C=O) groups excluding carboxylic acids is 2. The molecular weight excluding hydrogens is 321 g/mol. The SMILES string of the molecule is COC[C@H](C)N1C[C@@H](C(=O)Nc2cc([N+](=O)[O-])ccc2F)CC1=O. The average molecular weight is 339 g/mol. The summed E-state index contributed by atoms with van der Waals surface area (Å²) in [7, 11) is 1.52. The Kier molecular flexibility index (Phi) is 5.45. The number of benzene rings is 1. The van der Waals surface area contributed by atoms with E-state index in [4.69, 9.17) is 4.74 Å². The Morgan fingerprint density at radius 1 is 1.58 bits per heavy atom. The molecule has 8 nitrogen and oxygen atoms in total. The summed E-state index contributed by atoms with van der Waals surface area (Å²) in [6, 6.07) is 2.71. The Morgan fingerprint density at radius 3 is 2.92 bits per heavy atom. The number of nitrogens with zero attached hydrogens (tertiary/aromatic N) is 2. The van der Waals surface area contributed by atoms with Crippen molar-refractivity contribution in [2.24, 2.45) is 5.92 Å². The molecule has 0 aliphatic carbocycles. The van der Waals surface area contributed by atoms with Crippen molar-refractivity contribution in [3.8, 4) is 0 Å². The molecule has 2 rings (SSSR count). The first kappa shape index (κ1) is 17.8. The van der Waals surface area contributed by atoms with E-state index in [-0.39, 0.29) is 36.3 Å². The van der Waals surface area contributed by atoms with Crippen LogP contribution in [0.3, 0.4) is 0 Å². The predicted octanol–water partition coefficient (Wildman–Crippen LogP) is 1.56. The number of methoxy groups -OCH3 is 1. The molecule has 0 bridgehead atoms. The molecule has 2 amide bonds. The number of nitrogens with one attached hydrogen (secondary N) is 1. The normalized spacial score (nSPS) is 18.5. The number of amides is 2. The molecule has 1 saturated heterocycles. The maximum atomic E-state index is 13.7. The zero-order valence-corrected chi connectivity index (χ0v) is 13.3. The largest absolute Gasteiger partial charge is 0.383 e. The number of anilines is 1. The van der Waals surface area contributed by atoms with E-state index in [1.54, 1.807) is 0 Å². The standard InChI is InChI=1S/C15H18FN3O5/c1-9(8-24-2)18-7-10(5-14(18)20)15(21)17-13-6-11(19(22)23)3-4-12(13)16/h3-4,6,9-10H,5,7-8H2,1-2H3,(H,17,21)/t9-,10-/m0/s1. The lowest BCUT2D eigenvalue weighted by Crippen LogP contribution is -2.38. The summed E-state index contributed by atoms with van der Waals surface area (Å²) in [6.45, 7) is 2.35. The first-order valence-corrected chi connectivity index (χ1v) is 7.36. The first-order chi connectivity index (χ1) is 11.3. The fourth-order valence-electron chi connectivity index (χ4n) is 2.62. The fraction of sp³-hybridized carbons (Fsp3) is 0.467. The van der Waals surface area contributed by atoms with Crippen LogP contribution in [-0.2, 0) is 14.3 Å². The van der Waals surface area contributed by atoms with Gasteiger partial charge in [0.2, 0.25) is 11.8 Å². The number of nitro benzene ring substituents is 1. The number of nitro groups is 1. The lowest BCUT2D eigenvalue weighted by atomic mass is 10.1. The Balaban J connectivity index is 2.07. The molecule has 0 spiro atoms. The van der Waals surface area contributed by atoms with Crippen LogP contribution in [0, 0.1) is 21.8 Å². The van der Waals surface area contributed by atoms with Crippen molar-refractivity contribution in [3.05, 3.63) is 34.1 Å². The highest BCUT2D eigenvalue weighted by Crippen LogP contribution is 2.25. The van der Waals surface area contributed by atoms with Crippen molar-refractivity contribution >= 4 is 23.2 Å². The van der Waals surface area contributed by atoms with Gasteiger partial charge in [0, 0.05) is 32.2 Å². The Morgan fingerprint density at radius 2 is 2.29 bits per heavy atom. The minimum Gasteiger partial charge on any atom is -0.383 e. The molecule has 1 aromatic carbocycles. The minimum absolute atomic E-state index is 0.0104. The minimum atomic E-state index is -0.775.